The Bertz CT molecular complexity index is 522. The first-order valence-corrected chi connectivity index (χ1v) is 5.99. The maximum absolute atomic E-state index is 5.84. The normalized spacial score (nSPS) is 14.9. The van der Waals surface area contributed by atoms with Crippen LogP contribution < -0.4 is 5.32 Å². The molecule has 0 saturated heterocycles. The maximum atomic E-state index is 5.84. The van der Waals surface area contributed by atoms with Crippen LogP contribution in [0.15, 0.2) is 29.0 Å². The van der Waals surface area contributed by atoms with Crippen LogP contribution >= 0.6 is 11.6 Å². The first kappa shape index (κ1) is 10.6. The van der Waals surface area contributed by atoms with Gasteiger partial charge in [-0.1, -0.05) is 16.8 Å². The summed E-state index contributed by atoms with van der Waals surface area (Å²) in [6.07, 6.45) is 5.80. The number of aromatic nitrogens is 2. The molecule has 5 heteroatoms. The van der Waals surface area contributed by atoms with Gasteiger partial charge in [-0.25, -0.2) is 0 Å². The highest BCUT2D eigenvalue weighted by Crippen LogP contribution is 2.39. The van der Waals surface area contributed by atoms with Gasteiger partial charge in [-0.3, -0.25) is 4.98 Å². The molecule has 88 valence electrons. The third-order valence-corrected chi connectivity index (χ3v) is 2.95. The molecule has 2 heterocycles. The van der Waals surface area contributed by atoms with Gasteiger partial charge in [-0.15, -0.1) is 0 Å². The summed E-state index contributed by atoms with van der Waals surface area (Å²) in [6, 6.07) is 3.84. The van der Waals surface area contributed by atoms with Crippen LogP contribution in [0.3, 0.4) is 0 Å². The Morgan fingerprint density at radius 1 is 1.35 bits per heavy atom. The highest BCUT2D eigenvalue weighted by Gasteiger charge is 2.26. The number of hydrogen-bond acceptors (Lipinski definition) is 4. The van der Waals surface area contributed by atoms with E-state index in [1.807, 2.05) is 12.1 Å². The van der Waals surface area contributed by atoms with Crippen molar-refractivity contribution in [3.63, 3.8) is 0 Å². The van der Waals surface area contributed by atoms with Gasteiger partial charge < -0.3 is 9.84 Å². The van der Waals surface area contributed by atoms with Crippen LogP contribution in [0.1, 0.15) is 30.2 Å². The van der Waals surface area contributed by atoms with Gasteiger partial charge in [0.2, 0.25) is 0 Å². The molecule has 0 amide bonds. The highest BCUT2D eigenvalue weighted by molar-refractivity contribution is 6.30. The molecular weight excluding hydrogens is 238 g/mol. The second-order valence-corrected chi connectivity index (χ2v) is 4.67. The van der Waals surface area contributed by atoms with E-state index in [0.717, 1.165) is 17.1 Å². The lowest BCUT2D eigenvalue weighted by Gasteiger charge is -2.02. The molecule has 0 aliphatic heterocycles. The molecular formula is C12H12ClN3O. The van der Waals surface area contributed by atoms with E-state index in [0.29, 0.717) is 17.5 Å². The molecule has 1 aliphatic carbocycles. The van der Waals surface area contributed by atoms with Crippen molar-refractivity contribution in [3.05, 3.63) is 41.0 Å². The lowest BCUT2D eigenvalue weighted by Crippen LogP contribution is -1.98. The topological polar surface area (TPSA) is 51.0 Å². The molecule has 1 fully saturated rings. The van der Waals surface area contributed by atoms with Crippen molar-refractivity contribution < 1.29 is 4.52 Å². The number of anilines is 1. The zero-order valence-corrected chi connectivity index (χ0v) is 9.94. The van der Waals surface area contributed by atoms with Crippen LogP contribution in [-0.4, -0.2) is 10.1 Å². The van der Waals surface area contributed by atoms with Gasteiger partial charge >= 0.3 is 0 Å². The van der Waals surface area contributed by atoms with E-state index in [4.69, 9.17) is 16.1 Å². The molecule has 0 unspecified atom stereocenters. The summed E-state index contributed by atoms with van der Waals surface area (Å²) >= 11 is 5.84. The first-order chi connectivity index (χ1) is 8.31. The lowest BCUT2D eigenvalue weighted by molar-refractivity contribution is 0.382. The summed E-state index contributed by atoms with van der Waals surface area (Å²) in [5.74, 6) is 1.47. The highest BCUT2D eigenvalue weighted by atomic mass is 35.5. The third-order valence-electron chi connectivity index (χ3n) is 2.74. The molecule has 0 bridgehead atoms. The monoisotopic (exact) mass is 249 g/mol. The minimum atomic E-state index is 0.599. The van der Waals surface area contributed by atoms with Crippen molar-refractivity contribution in [2.75, 3.05) is 5.32 Å². The van der Waals surface area contributed by atoms with Crippen molar-refractivity contribution in [1.82, 2.24) is 10.1 Å². The second-order valence-electron chi connectivity index (χ2n) is 4.24. The summed E-state index contributed by atoms with van der Waals surface area (Å²) in [6.45, 7) is 0.599. The minimum Gasteiger partial charge on any atom is -0.376 e. The van der Waals surface area contributed by atoms with Crippen molar-refractivity contribution in [1.29, 1.82) is 0 Å². The third kappa shape index (κ3) is 2.58. The van der Waals surface area contributed by atoms with Crippen molar-refractivity contribution in [2.24, 2.45) is 0 Å². The minimum absolute atomic E-state index is 0.599. The van der Waals surface area contributed by atoms with Crippen LogP contribution in [0.2, 0.25) is 5.02 Å². The molecule has 0 radical (unpaired) electrons. The fourth-order valence-corrected chi connectivity index (χ4v) is 1.86. The van der Waals surface area contributed by atoms with E-state index in [2.05, 4.69) is 15.5 Å². The molecule has 17 heavy (non-hydrogen) atoms. The largest absolute Gasteiger partial charge is 0.376 e. The summed E-state index contributed by atoms with van der Waals surface area (Å²) in [5, 5.41) is 7.86. The van der Waals surface area contributed by atoms with E-state index in [1.165, 1.54) is 12.8 Å². The van der Waals surface area contributed by atoms with E-state index < -0.39 is 0 Å². The van der Waals surface area contributed by atoms with Crippen molar-refractivity contribution in [2.45, 2.75) is 25.3 Å². The Morgan fingerprint density at radius 2 is 2.24 bits per heavy atom. The summed E-state index contributed by atoms with van der Waals surface area (Å²) in [7, 11) is 0. The van der Waals surface area contributed by atoms with Crippen LogP contribution in [0.25, 0.3) is 0 Å². The number of nitrogens with zero attached hydrogens (tertiary/aromatic N) is 2. The van der Waals surface area contributed by atoms with Crippen LogP contribution in [0, 0.1) is 0 Å². The zero-order valence-electron chi connectivity index (χ0n) is 9.19. The van der Waals surface area contributed by atoms with Gasteiger partial charge in [0.15, 0.2) is 5.76 Å². The Kier molecular flexibility index (Phi) is 2.73. The van der Waals surface area contributed by atoms with Crippen molar-refractivity contribution in [3.8, 4) is 0 Å². The number of nitrogens with one attached hydrogen (secondary N) is 1. The fraction of sp³-hybridized carbons (Fsp3) is 0.333. The van der Waals surface area contributed by atoms with Gasteiger partial charge in [0, 0.05) is 18.2 Å². The molecule has 2 aromatic rings. The summed E-state index contributed by atoms with van der Waals surface area (Å²) < 4.78 is 5.25. The van der Waals surface area contributed by atoms with Gasteiger partial charge in [0.25, 0.3) is 0 Å². The van der Waals surface area contributed by atoms with E-state index in [1.54, 1.807) is 12.4 Å². The van der Waals surface area contributed by atoms with Crippen LogP contribution in [0.4, 0.5) is 5.69 Å². The van der Waals surface area contributed by atoms with E-state index in [-0.39, 0.29) is 0 Å². The second kappa shape index (κ2) is 4.37. The number of pyridine rings is 1. The van der Waals surface area contributed by atoms with Crippen LogP contribution in [0.5, 0.6) is 0 Å². The fourth-order valence-electron chi connectivity index (χ4n) is 1.68. The SMILES string of the molecule is Clc1cncc(NCc2cc(C3CC3)no2)c1. The quantitative estimate of drug-likeness (QED) is 0.904. The zero-order chi connectivity index (χ0) is 11.7. The molecule has 0 atom stereocenters. The summed E-state index contributed by atoms with van der Waals surface area (Å²) in [4.78, 5) is 4.00. The standard InChI is InChI=1S/C12H12ClN3O/c13-9-3-10(6-14-5-9)15-7-11-4-12(16-17-11)8-1-2-8/h3-6,8,15H,1-2,7H2. The number of rotatable bonds is 4. The predicted octanol–water partition coefficient (Wildman–Crippen LogP) is 3.21. The Labute approximate surface area is 104 Å². The maximum Gasteiger partial charge on any atom is 0.156 e. The summed E-state index contributed by atoms with van der Waals surface area (Å²) in [5.41, 5.74) is 1.95. The van der Waals surface area contributed by atoms with Gasteiger partial charge in [-0.2, -0.15) is 0 Å². The Balaban J connectivity index is 1.62. The molecule has 4 nitrogen and oxygen atoms in total. The van der Waals surface area contributed by atoms with Gasteiger partial charge in [0.05, 0.1) is 29.1 Å². The molecule has 2 aromatic heterocycles. The van der Waals surface area contributed by atoms with E-state index in [9.17, 15) is 0 Å². The molecule has 1 N–H and O–H groups in total. The molecule has 0 spiro atoms. The average molecular weight is 250 g/mol. The molecule has 1 aliphatic rings. The van der Waals surface area contributed by atoms with E-state index >= 15 is 0 Å². The molecule has 0 aromatic carbocycles. The van der Waals surface area contributed by atoms with Gasteiger partial charge in [0.1, 0.15) is 0 Å². The molecule has 1 saturated carbocycles. The number of halogens is 1. The number of hydrogen-bond donors (Lipinski definition) is 1. The predicted molar refractivity (Wildman–Crippen MR) is 65.1 cm³/mol. The Morgan fingerprint density at radius 3 is 3.00 bits per heavy atom. The Hall–Kier alpha value is -1.55. The van der Waals surface area contributed by atoms with Crippen molar-refractivity contribution >= 4 is 17.3 Å². The average Bonchev–Trinajstić information content (AvgIpc) is 3.07. The van der Waals surface area contributed by atoms with Crippen LogP contribution in [-0.2, 0) is 6.54 Å². The lowest BCUT2D eigenvalue weighted by atomic mass is 10.3. The smallest absolute Gasteiger partial charge is 0.156 e. The first-order valence-electron chi connectivity index (χ1n) is 5.61. The van der Waals surface area contributed by atoms with Gasteiger partial charge in [-0.05, 0) is 18.9 Å². The molecule has 3 rings (SSSR count).